The first-order valence-electron chi connectivity index (χ1n) is 5.99. The molecule has 0 bridgehead atoms. The molecule has 2 aromatic rings. The number of carbonyl (C=O) groups is 1. The Kier molecular flexibility index (Phi) is 5.05. The molecule has 0 spiro atoms. The first-order valence-corrected chi connectivity index (χ1v) is 7.77. The highest BCUT2D eigenvalue weighted by Gasteiger charge is 2.09. The molecule has 1 amide bonds. The number of amides is 1. The smallest absolute Gasteiger partial charge is 0.255 e. The van der Waals surface area contributed by atoms with Crippen molar-refractivity contribution < 1.29 is 4.79 Å². The molecule has 0 saturated carbocycles. The lowest BCUT2D eigenvalue weighted by Gasteiger charge is -2.10. The van der Waals surface area contributed by atoms with Crippen LogP contribution in [0.25, 0.3) is 0 Å². The van der Waals surface area contributed by atoms with Crippen LogP contribution in [0, 0.1) is 0 Å². The molecule has 4 heteroatoms. The van der Waals surface area contributed by atoms with Gasteiger partial charge in [0.15, 0.2) is 0 Å². The van der Waals surface area contributed by atoms with Crippen molar-refractivity contribution in [3.8, 4) is 0 Å². The summed E-state index contributed by atoms with van der Waals surface area (Å²) >= 11 is 5.09. The Morgan fingerprint density at radius 1 is 1.21 bits per heavy atom. The highest BCUT2D eigenvalue weighted by Crippen LogP contribution is 2.27. The molecule has 0 saturated heterocycles. The van der Waals surface area contributed by atoms with Gasteiger partial charge in [0.1, 0.15) is 0 Å². The fraction of sp³-hybridized carbons (Fsp3) is 0.133. The third-order valence-corrected chi connectivity index (χ3v) is 3.97. The van der Waals surface area contributed by atoms with E-state index in [-0.39, 0.29) is 5.91 Å². The van der Waals surface area contributed by atoms with E-state index >= 15 is 0 Å². The highest BCUT2D eigenvalue weighted by molar-refractivity contribution is 9.10. The van der Waals surface area contributed by atoms with Crippen LogP contribution < -0.4 is 5.32 Å². The Hall–Kier alpha value is -1.26. The summed E-state index contributed by atoms with van der Waals surface area (Å²) in [7, 11) is 0. The standard InChI is InChI=1S/C15H14BrNOS/c1-2-19-14-9-4-3-8-13(14)17-15(18)11-6-5-7-12(16)10-11/h3-10H,2H2,1H3,(H,17,18). The lowest BCUT2D eigenvalue weighted by atomic mass is 10.2. The van der Waals surface area contributed by atoms with Gasteiger partial charge in [0.25, 0.3) is 5.91 Å². The number of carbonyl (C=O) groups excluding carboxylic acids is 1. The average Bonchev–Trinajstić information content (AvgIpc) is 2.41. The fourth-order valence-corrected chi connectivity index (χ4v) is 2.84. The third-order valence-electron chi connectivity index (χ3n) is 2.52. The number of para-hydroxylation sites is 1. The Bertz CT molecular complexity index is 586. The molecular weight excluding hydrogens is 322 g/mol. The van der Waals surface area contributed by atoms with Crippen LogP contribution in [0.3, 0.4) is 0 Å². The second-order valence-corrected chi connectivity index (χ2v) is 6.12. The molecule has 0 aromatic heterocycles. The molecule has 0 radical (unpaired) electrons. The quantitative estimate of drug-likeness (QED) is 0.812. The minimum atomic E-state index is -0.0922. The van der Waals surface area contributed by atoms with Crippen molar-refractivity contribution in [1.82, 2.24) is 0 Å². The zero-order valence-corrected chi connectivity index (χ0v) is 12.9. The summed E-state index contributed by atoms with van der Waals surface area (Å²) in [4.78, 5) is 13.3. The van der Waals surface area contributed by atoms with Crippen molar-refractivity contribution in [3.05, 3.63) is 58.6 Å². The van der Waals surface area contributed by atoms with Crippen molar-refractivity contribution in [3.63, 3.8) is 0 Å². The number of hydrogen-bond donors (Lipinski definition) is 1. The first kappa shape index (κ1) is 14.2. The third kappa shape index (κ3) is 3.85. The lowest BCUT2D eigenvalue weighted by molar-refractivity contribution is 0.102. The fourth-order valence-electron chi connectivity index (χ4n) is 1.68. The van der Waals surface area contributed by atoms with Crippen molar-refractivity contribution in [2.45, 2.75) is 11.8 Å². The van der Waals surface area contributed by atoms with E-state index in [0.717, 1.165) is 20.8 Å². The molecule has 19 heavy (non-hydrogen) atoms. The minimum absolute atomic E-state index is 0.0922. The topological polar surface area (TPSA) is 29.1 Å². The first-order chi connectivity index (χ1) is 9.20. The van der Waals surface area contributed by atoms with E-state index < -0.39 is 0 Å². The van der Waals surface area contributed by atoms with Gasteiger partial charge in [-0.15, -0.1) is 11.8 Å². The van der Waals surface area contributed by atoms with Gasteiger partial charge in [-0.05, 0) is 36.1 Å². The van der Waals surface area contributed by atoms with Gasteiger partial charge in [-0.25, -0.2) is 0 Å². The molecule has 2 rings (SSSR count). The summed E-state index contributed by atoms with van der Waals surface area (Å²) in [5.41, 5.74) is 1.50. The summed E-state index contributed by atoms with van der Waals surface area (Å²) in [6.45, 7) is 2.09. The minimum Gasteiger partial charge on any atom is -0.321 e. The van der Waals surface area contributed by atoms with Crippen LogP contribution in [0.4, 0.5) is 5.69 Å². The van der Waals surface area contributed by atoms with Crippen LogP contribution in [-0.4, -0.2) is 11.7 Å². The van der Waals surface area contributed by atoms with Crippen LogP contribution in [0.5, 0.6) is 0 Å². The van der Waals surface area contributed by atoms with Gasteiger partial charge in [-0.1, -0.05) is 41.1 Å². The molecule has 0 aliphatic carbocycles. The second-order valence-electron chi connectivity index (χ2n) is 3.89. The van der Waals surface area contributed by atoms with Gasteiger partial charge in [0.2, 0.25) is 0 Å². The number of thioether (sulfide) groups is 1. The van der Waals surface area contributed by atoms with Gasteiger partial charge in [-0.3, -0.25) is 4.79 Å². The van der Waals surface area contributed by atoms with Gasteiger partial charge < -0.3 is 5.32 Å². The van der Waals surface area contributed by atoms with E-state index in [1.807, 2.05) is 42.5 Å². The Labute approximate surface area is 125 Å². The lowest BCUT2D eigenvalue weighted by Crippen LogP contribution is -2.12. The summed E-state index contributed by atoms with van der Waals surface area (Å²) in [6, 6.07) is 15.2. The summed E-state index contributed by atoms with van der Waals surface area (Å²) in [5, 5.41) is 2.96. The van der Waals surface area contributed by atoms with E-state index in [1.165, 1.54) is 0 Å². The van der Waals surface area contributed by atoms with Crippen molar-refractivity contribution in [1.29, 1.82) is 0 Å². The number of hydrogen-bond acceptors (Lipinski definition) is 2. The molecule has 0 unspecified atom stereocenters. The number of nitrogens with one attached hydrogen (secondary N) is 1. The van der Waals surface area contributed by atoms with E-state index in [1.54, 1.807) is 17.8 Å². The van der Waals surface area contributed by atoms with Crippen molar-refractivity contribution >= 4 is 39.3 Å². The van der Waals surface area contributed by atoms with Crippen LogP contribution in [-0.2, 0) is 0 Å². The summed E-state index contributed by atoms with van der Waals surface area (Å²) < 4.78 is 0.899. The SMILES string of the molecule is CCSc1ccccc1NC(=O)c1cccc(Br)c1. The zero-order valence-electron chi connectivity index (χ0n) is 10.5. The van der Waals surface area contributed by atoms with Gasteiger partial charge in [-0.2, -0.15) is 0 Å². The monoisotopic (exact) mass is 335 g/mol. The van der Waals surface area contributed by atoms with Crippen LogP contribution in [0.15, 0.2) is 57.9 Å². The largest absolute Gasteiger partial charge is 0.321 e. The average molecular weight is 336 g/mol. The van der Waals surface area contributed by atoms with Gasteiger partial charge in [0, 0.05) is 14.9 Å². The molecule has 2 aromatic carbocycles. The normalized spacial score (nSPS) is 10.2. The maximum Gasteiger partial charge on any atom is 0.255 e. The van der Waals surface area contributed by atoms with Crippen LogP contribution in [0.2, 0.25) is 0 Å². The van der Waals surface area contributed by atoms with Gasteiger partial charge >= 0.3 is 0 Å². The Morgan fingerprint density at radius 2 is 2.00 bits per heavy atom. The second kappa shape index (κ2) is 6.78. The molecule has 0 fully saturated rings. The molecule has 98 valence electrons. The molecule has 1 N–H and O–H groups in total. The number of benzene rings is 2. The highest BCUT2D eigenvalue weighted by atomic mass is 79.9. The zero-order chi connectivity index (χ0) is 13.7. The molecule has 0 aliphatic rings. The molecule has 2 nitrogen and oxygen atoms in total. The maximum absolute atomic E-state index is 12.2. The Morgan fingerprint density at radius 3 is 2.74 bits per heavy atom. The molecule has 0 heterocycles. The number of rotatable bonds is 4. The van der Waals surface area contributed by atoms with E-state index in [0.29, 0.717) is 5.56 Å². The molecule has 0 aliphatic heterocycles. The van der Waals surface area contributed by atoms with E-state index in [2.05, 4.69) is 28.2 Å². The number of halogens is 1. The van der Waals surface area contributed by atoms with E-state index in [4.69, 9.17) is 0 Å². The predicted molar refractivity (Wildman–Crippen MR) is 84.9 cm³/mol. The van der Waals surface area contributed by atoms with Crippen LogP contribution >= 0.6 is 27.7 Å². The van der Waals surface area contributed by atoms with Crippen LogP contribution in [0.1, 0.15) is 17.3 Å². The predicted octanol–water partition coefficient (Wildman–Crippen LogP) is 4.81. The van der Waals surface area contributed by atoms with E-state index in [9.17, 15) is 4.79 Å². The Balaban J connectivity index is 2.19. The molecular formula is C15H14BrNOS. The van der Waals surface area contributed by atoms with Gasteiger partial charge in [0.05, 0.1) is 5.69 Å². The summed E-state index contributed by atoms with van der Waals surface area (Å²) in [6.07, 6.45) is 0. The number of anilines is 1. The van der Waals surface area contributed by atoms with Crippen molar-refractivity contribution in [2.75, 3.05) is 11.1 Å². The van der Waals surface area contributed by atoms with Crippen molar-refractivity contribution in [2.24, 2.45) is 0 Å². The maximum atomic E-state index is 12.2. The summed E-state index contributed by atoms with van der Waals surface area (Å²) in [5.74, 6) is 0.884. The molecule has 0 atom stereocenters.